The van der Waals surface area contributed by atoms with E-state index in [1.165, 1.54) is 0 Å². The van der Waals surface area contributed by atoms with Crippen molar-refractivity contribution in [3.8, 4) is 5.75 Å². The van der Waals surface area contributed by atoms with E-state index in [-0.39, 0.29) is 0 Å². The summed E-state index contributed by atoms with van der Waals surface area (Å²) in [5.74, 6) is 0.550. The molecule has 0 aromatic heterocycles. The predicted octanol–water partition coefficient (Wildman–Crippen LogP) is 1.86. The Bertz CT molecular complexity index is 224. The molecule has 0 aliphatic heterocycles. The molecule has 0 radical (unpaired) electrons. The lowest BCUT2D eigenvalue weighted by atomic mass is 10.3. The number of rotatable bonds is 2. The van der Waals surface area contributed by atoms with Crippen LogP contribution in [0.2, 0.25) is 0 Å². The van der Waals surface area contributed by atoms with Crippen molar-refractivity contribution in [3.63, 3.8) is 0 Å². The molecule has 1 aromatic carbocycles. The summed E-state index contributed by atoms with van der Waals surface area (Å²) < 4.78 is 4.74. The second-order valence-electron chi connectivity index (χ2n) is 1.72. The minimum Gasteiger partial charge on any atom is -0.440 e. The lowest BCUT2D eigenvalue weighted by Gasteiger charge is -2.00. The van der Waals surface area contributed by atoms with Crippen LogP contribution in [0.25, 0.3) is 0 Å². The van der Waals surface area contributed by atoms with E-state index in [4.69, 9.17) is 14.6 Å². The number of benzene rings is 1. The molecule has 0 bridgehead atoms. The first kappa shape index (κ1) is 7.32. The van der Waals surface area contributed by atoms with E-state index in [2.05, 4.69) is 0 Å². The highest BCUT2D eigenvalue weighted by molar-refractivity contribution is 7.34. The fourth-order valence-corrected chi connectivity index (χ4v) is 0.960. The summed E-state index contributed by atoms with van der Waals surface area (Å²) in [4.78, 5) is 8.55. The van der Waals surface area contributed by atoms with Gasteiger partial charge in [-0.1, -0.05) is 18.2 Å². The molecule has 0 fully saturated rings. The monoisotopic (exact) mass is 157 g/mol. The summed E-state index contributed by atoms with van der Waals surface area (Å²) in [7, 11) is -2.34. The molecule has 0 aliphatic rings. The van der Waals surface area contributed by atoms with E-state index in [0.29, 0.717) is 5.75 Å². The van der Waals surface area contributed by atoms with Gasteiger partial charge in [0.15, 0.2) is 0 Å². The van der Waals surface area contributed by atoms with Crippen LogP contribution < -0.4 is 4.52 Å². The highest BCUT2D eigenvalue weighted by Crippen LogP contribution is 2.21. The van der Waals surface area contributed by atoms with Crippen LogP contribution in [0, 0.1) is 5.16 Å². The molecule has 4 heteroatoms. The summed E-state index contributed by atoms with van der Waals surface area (Å²) in [6.07, 6.45) is 0. The van der Waals surface area contributed by atoms with Gasteiger partial charge in [0, 0.05) is 0 Å². The van der Waals surface area contributed by atoms with Gasteiger partial charge in [-0.05, 0) is 12.1 Å². The highest BCUT2D eigenvalue weighted by Gasteiger charge is 1.89. The van der Waals surface area contributed by atoms with Crippen LogP contribution >= 0.6 is 8.17 Å². The van der Waals surface area contributed by atoms with E-state index in [0.717, 1.165) is 0 Å². The molecule has 1 atom stereocenters. The maximum atomic E-state index is 8.55. The molecule has 0 aliphatic carbocycles. The van der Waals surface area contributed by atoms with Gasteiger partial charge in [0.2, 0.25) is 8.17 Å². The van der Waals surface area contributed by atoms with Gasteiger partial charge in [-0.2, -0.15) is 0 Å². The van der Waals surface area contributed by atoms with Gasteiger partial charge in [0.25, 0.3) is 0 Å². The molecule has 0 spiro atoms. The number of hydrogen-bond acceptors (Lipinski definition) is 2. The van der Waals surface area contributed by atoms with Crippen molar-refractivity contribution in [3.05, 3.63) is 30.3 Å². The second-order valence-corrected chi connectivity index (χ2v) is 2.53. The van der Waals surface area contributed by atoms with E-state index in [1.807, 2.05) is 6.07 Å². The van der Waals surface area contributed by atoms with Crippen LogP contribution in [0.1, 0.15) is 0 Å². The number of hydrogen-bond donors (Lipinski definition) is 2. The largest absolute Gasteiger partial charge is 0.440 e. The summed E-state index contributed by atoms with van der Waals surface area (Å²) >= 11 is 0. The topological polar surface area (TPSA) is 53.3 Å². The Labute approximate surface area is 59.7 Å². The van der Waals surface area contributed by atoms with Crippen LogP contribution in [0.4, 0.5) is 0 Å². The molecule has 3 nitrogen and oxygen atoms in total. The smallest absolute Gasteiger partial charge is 0.245 e. The van der Waals surface area contributed by atoms with Gasteiger partial charge >= 0.3 is 0 Å². The summed E-state index contributed by atoms with van der Waals surface area (Å²) in [5.41, 5.74) is 0. The van der Waals surface area contributed by atoms with Crippen molar-refractivity contribution in [1.82, 2.24) is 0 Å². The van der Waals surface area contributed by atoms with Crippen LogP contribution in [0.5, 0.6) is 5.75 Å². The molecule has 54 valence electrons. The minimum atomic E-state index is -2.34. The highest BCUT2D eigenvalue weighted by atomic mass is 31.1. The normalized spacial score (nSPS) is 12.5. The Balaban J connectivity index is 2.67. The van der Waals surface area contributed by atoms with E-state index >= 15 is 0 Å². The first-order valence-corrected chi connectivity index (χ1v) is 4.15. The van der Waals surface area contributed by atoms with Gasteiger partial charge < -0.3 is 9.42 Å². The number of nitrogens with one attached hydrogen (secondary N) is 1. The zero-order valence-corrected chi connectivity index (χ0v) is 6.24. The maximum absolute atomic E-state index is 8.55. The predicted molar refractivity (Wildman–Crippen MR) is 40.3 cm³/mol. The van der Waals surface area contributed by atoms with Crippen molar-refractivity contribution >= 4 is 8.17 Å². The van der Waals surface area contributed by atoms with Crippen LogP contribution in [0.15, 0.2) is 30.3 Å². The van der Waals surface area contributed by atoms with Crippen molar-refractivity contribution in [2.24, 2.45) is 0 Å². The SMILES string of the molecule is N=[PH](O)Oc1ccccc1. The average molecular weight is 157 g/mol. The van der Waals surface area contributed by atoms with Gasteiger partial charge in [-0.25, -0.2) is 0 Å². The molecule has 10 heavy (non-hydrogen) atoms. The van der Waals surface area contributed by atoms with E-state index in [1.54, 1.807) is 24.3 Å². The van der Waals surface area contributed by atoms with Crippen LogP contribution in [-0.2, 0) is 0 Å². The Morgan fingerprint density at radius 3 is 2.40 bits per heavy atom. The van der Waals surface area contributed by atoms with Crippen LogP contribution in [-0.4, -0.2) is 4.89 Å². The van der Waals surface area contributed by atoms with Crippen molar-refractivity contribution < 1.29 is 9.42 Å². The van der Waals surface area contributed by atoms with Gasteiger partial charge in [0.05, 0.1) is 0 Å². The Morgan fingerprint density at radius 1 is 1.30 bits per heavy atom. The first-order chi connectivity index (χ1) is 4.79. The van der Waals surface area contributed by atoms with Crippen molar-refractivity contribution in [2.75, 3.05) is 0 Å². The van der Waals surface area contributed by atoms with E-state index < -0.39 is 8.17 Å². The molecule has 1 rings (SSSR count). The Hall–Kier alpha value is -0.790. The molecular formula is C6H8NO2P. The standard InChI is InChI=1S/C6H8NO2P/c7-10(8)9-6-4-2-1-3-5-6/h1-5,10H,(H2,7,8). The van der Waals surface area contributed by atoms with Gasteiger partial charge in [0.1, 0.15) is 5.75 Å². The molecule has 0 amide bonds. The van der Waals surface area contributed by atoms with Gasteiger partial charge in [-0.3, -0.25) is 5.16 Å². The molecule has 1 aromatic rings. The molecule has 0 heterocycles. The van der Waals surface area contributed by atoms with Crippen LogP contribution in [0.3, 0.4) is 0 Å². The fourth-order valence-electron chi connectivity index (χ4n) is 0.600. The third kappa shape index (κ3) is 2.21. The summed E-state index contributed by atoms with van der Waals surface area (Å²) in [5, 5.41) is 6.75. The minimum absolute atomic E-state index is 0.550. The zero-order valence-electron chi connectivity index (χ0n) is 5.24. The lowest BCUT2D eigenvalue weighted by Crippen LogP contribution is -1.76. The Morgan fingerprint density at radius 2 is 1.90 bits per heavy atom. The molecular weight excluding hydrogens is 149 g/mol. The summed E-state index contributed by atoms with van der Waals surface area (Å²) in [6.45, 7) is 0. The third-order valence-electron chi connectivity index (χ3n) is 0.958. The maximum Gasteiger partial charge on any atom is 0.245 e. The van der Waals surface area contributed by atoms with E-state index in [9.17, 15) is 0 Å². The molecule has 0 saturated carbocycles. The third-order valence-corrected chi connectivity index (χ3v) is 1.39. The average Bonchev–Trinajstić information content (AvgIpc) is 1.88. The molecule has 1 unspecified atom stereocenters. The first-order valence-electron chi connectivity index (χ1n) is 2.79. The second kappa shape index (κ2) is 3.40. The lowest BCUT2D eigenvalue weighted by molar-refractivity contribution is 0.496. The quantitative estimate of drug-likeness (QED) is 0.643. The number of para-hydroxylation sites is 1. The van der Waals surface area contributed by atoms with Gasteiger partial charge in [-0.15, -0.1) is 0 Å². The summed E-state index contributed by atoms with van der Waals surface area (Å²) in [6, 6.07) is 8.84. The fraction of sp³-hybridized carbons (Fsp3) is 0. The van der Waals surface area contributed by atoms with Crippen molar-refractivity contribution in [2.45, 2.75) is 0 Å². The van der Waals surface area contributed by atoms with Crippen molar-refractivity contribution in [1.29, 1.82) is 5.16 Å². The zero-order chi connectivity index (χ0) is 7.40. The molecule has 2 N–H and O–H groups in total. The Kier molecular flexibility index (Phi) is 2.49. The molecule has 0 saturated heterocycles.